The number of hydrogen-bond donors (Lipinski definition) is 0. The fraction of sp³-hybridized carbons (Fsp3) is 0.474. The molecule has 0 saturated carbocycles. The molecule has 0 spiro atoms. The van der Waals surface area contributed by atoms with E-state index < -0.39 is 0 Å². The first-order valence-electron chi connectivity index (χ1n) is 8.41. The lowest BCUT2D eigenvalue weighted by atomic mass is 10.00. The van der Waals surface area contributed by atoms with Crippen LogP contribution in [0.3, 0.4) is 0 Å². The molecule has 1 saturated heterocycles. The minimum Gasteiger partial charge on any atom is -0.337 e. The van der Waals surface area contributed by atoms with Crippen LogP contribution in [0.4, 0.5) is 0 Å². The minimum absolute atomic E-state index is 0.168. The second kappa shape index (κ2) is 6.40. The fourth-order valence-corrected chi connectivity index (χ4v) is 3.39. The molecule has 1 fully saturated rings. The van der Waals surface area contributed by atoms with Crippen LogP contribution in [0.25, 0.3) is 0 Å². The third-order valence-corrected chi connectivity index (χ3v) is 4.71. The first kappa shape index (κ1) is 16.7. The Bertz CT molecular complexity index is 726. The molecule has 0 radical (unpaired) electrons. The van der Waals surface area contributed by atoms with Gasteiger partial charge in [0.05, 0.1) is 11.7 Å². The number of aryl methyl sites for hydroxylation is 3. The van der Waals surface area contributed by atoms with E-state index in [1.54, 1.807) is 0 Å². The molecule has 5 nitrogen and oxygen atoms in total. The Balaban J connectivity index is 1.71. The summed E-state index contributed by atoms with van der Waals surface area (Å²) in [5, 5.41) is 4.54. The lowest BCUT2D eigenvalue weighted by Gasteiger charge is -2.42. The van der Waals surface area contributed by atoms with E-state index in [4.69, 9.17) is 0 Å². The molecule has 1 aromatic heterocycles. The lowest BCUT2D eigenvalue weighted by Crippen LogP contribution is -2.54. The molecule has 1 aliphatic rings. The third-order valence-electron chi connectivity index (χ3n) is 4.71. The molecule has 0 aliphatic carbocycles. The number of benzene rings is 1. The quantitative estimate of drug-likeness (QED) is 0.867. The van der Waals surface area contributed by atoms with Crippen LogP contribution in [0.15, 0.2) is 30.3 Å². The highest BCUT2D eigenvalue weighted by atomic mass is 16.2. The molecule has 3 rings (SSSR count). The monoisotopic (exact) mass is 326 g/mol. The molecular weight excluding hydrogens is 300 g/mol. The van der Waals surface area contributed by atoms with Crippen molar-refractivity contribution >= 4 is 5.91 Å². The van der Waals surface area contributed by atoms with Gasteiger partial charge < -0.3 is 4.90 Å². The summed E-state index contributed by atoms with van der Waals surface area (Å²) in [4.78, 5) is 16.9. The van der Waals surface area contributed by atoms with Crippen molar-refractivity contribution in [2.75, 3.05) is 27.2 Å². The molecule has 0 unspecified atom stereocenters. The first-order chi connectivity index (χ1) is 11.4. The first-order valence-corrected chi connectivity index (χ1v) is 8.41. The predicted molar refractivity (Wildman–Crippen MR) is 94.9 cm³/mol. The van der Waals surface area contributed by atoms with Crippen molar-refractivity contribution in [2.45, 2.75) is 32.9 Å². The predicted octanol–water partition coefficient (Wildman–Crippen LogP) is 2.49. The second-order valence-corrected chi connectivity index (χ2v) is 7.05. The molecule has 2 heterocycles. The van der Waals surface area contributed by atoms with Gasteiger partial charge in [-0.3, -0.25) is 14.4 Å². The van der Waals surface area contributed by atoms with E-state index in [0.717, 1.165) is 30.0 Å². The van der Waals surface area contributed by atoms with Crippen LogP contribution >= 0.6 is 0 Å². The number of rotatable bonds is 4. The summed E-state index contributed by atoms with van der Waals surface area (Å²) >= 11 is 0. The molecule has 24 heavy (non-hydrogen) atoms. The van der Waals surface area contributed by atoms with Gasteiger partial charge in [0.1, 0.15) is 6.04 Å². The zero-order valence-corrected chi connectivity index (χ0v) is 15.2. The average Bonchev–Trinajstić information content (AvgIpc) is 2.78. The van der Waals surface area contributed by atoms with Gasteiger partial charge in [0, 0.05) is 18.8 Å². The maximum absolute atomic E-state index is 13.0. The number of carbonyl (C=O) groups is 1. The van der Waals surface area contributed by atoms with Crippen molar-refractivity contribution in [1.29, 1.82) is 0 Å². The number of likely N-dealkylation sites (N-methyl/N-ethyl adjacent to an activating group) is 1. The summed E-state index contributed by atoms with van der Waals surface area (Å²) < 4.78 is 2.05. The molecule has 1 aliphatic heterocycles. The van der Waals surface area contributed by atoms with E-state index in [9.17, 15) is 4.79 Å². The second-order valence-electron chi connectivity index (χ2n) is 7.05. The van der Waals surface area contributed by atoms with Gasteiger partial charge in [-0.15, -0.1) is 0 Å². The van der Waals surface area contributed by atoms with Crippen LogP contribution in [0.1, 0.15) is 34.6 Å². The Morgan fingerprint density at radius 3 is 2.29 bits per heavy atom. The number of likely N-dealkylation sites (tertiary alicyclic amines) is 1. The number of carbonyl (C=O) groups excluding carboxylic acids is 1. The Labute approximate surface area is 143 Å². The van der Waals surface area contributed by atoms with E-state index in [1.807, 2.05) is 30.8 Å². The maximum atomic E-state index is 13.0. The van der Waals surface area contributed by atoms with Crippen molar-refractivity contribution < 1.29 is 4.79 Å². The van der Waals surface area contributed by atoms with Crippen molar-refractivity contribution in [3.8, 4) is 0 Å². The van der Waals surface area contributed by atoms with Crippen LogP contribution in [-0.4, -0.2) is 52.7 Å². The normalized spacial score (nSPS) is 16.3. The number of aromatic nitrogens is 2. The van der Waals surface area contributed by atoms with Crippen LogP contribution in [0, 0.1) is 20.8 Å². The largest absolute Gasteiger partial charge is 0.337 e. The minimum atomic E-state index is -0.230. The van der Waals surface area contributed by atoms with E-state index in [0.29, 0.717) is 6.04 Å². The molecule has 1 atom stereocenters. The van der Waals surface area contributed by atoms with Gasteiger partial charge in [-0.25, -0.2) is 0 Å². The molecular formula is C19H26N4O. The van der Waals surface area contributed by atoms with Crippen molar-refractivity contribution in [3.05, 3.63) is 52.8 Å². The Kier molecular flexibility index (Phi) is 4.45. The smallest absolute Gasteiger partial charge is 0.244 e. The lowest BCUT2D eigenvalue weighted by molar-refractivity contribution is -0.142. The summed E-state index contributed by atoms with van der Waals surface area (Å²) in [6.45, 7) is 7.60. The van der Waals surface area contributed by atoms with Crippen LogP contribution in [0.2, 0.25) is 0 Å². The topological polar surface area (TPSA) is 41.4 Å². The van der Waals surface area contributed by atoms with Gasteiger partial charge in [0.15, 0.2) is 0 Å². The highest BCUT2D eigenvalue weighted by molar-refractivity contribution is 5.84. The molecule has 128 valence electrons. The summed E-state index contributed by atoms with van der Waals surface area (Å²) in [6, 6.07) is 10.4. The highest BCUT2D eigenvalue weighted by Gasteiger charge is 2.37. The van der Waals surface area contributed by atoms with Gasteiger partial charge in [-0.1, -0.05) is 29.8 Å². The zero-order valence-electron chi connectivity index (χ0n) is 15.2. The van der Waals surface area contributed by atoms with Crippen LogP contribution in [0.5, 0.6) is 0 Å². The van der Waals surface area contributed by atoms with Crippen molar-refractivity contribution in [2.24, 2.45) is 0 Å². The Morgan fingerprint density at radius 1 is 1.17 bits per heavy atom. The fourth-order valence-electron chi connectivity index (χ4n) is 3.39. The number of amides is 1. The Hall–Kier alpha value is -2.14. The molecule has 2 aromatic rings. The van der Waals surface area contributed by atoms with Gasteiger partial charge >= 0.3 is 0 Å². The van der Waals surface area contributed by atoms with Gasteiger partial charge in [-0.2, -0.15) is 5.10 Å². The van der Waals surface area contributed by atoms with Crippen molar-refractivity contribution in [1.82, 2.24) is 19.6 Å². The standard InChI is InChI=1S/C19H26N4O/c1-13-6-8-16(9-7-13)18(21(4)5)19(24)22-11-17(12-22)23-15(3)10-14(2)20-23/h6-10,17-18H,11-12H2,1-5H3/t18-/m0/s1. The van der Waals surface area contributed by atoms with Crippen molar-refractivity contribution in [3.63, 3.8) is 0 Å². The van der Waals surface area contributed by atoms with Crippen LogP contribution in [-0.2, 0) is 4.79 Å². The molecule has 0 bridgehead atoms. The molecule has 1 amide bonds. The summed E-state index contributed by atoms with van der Waals surface area (Å²) in [5.41, 5.74) is 4.44. The Morgan fingerprint density at radius 2 is 1.79 bits per heavy atom. The van der Waals surface area contributed by atoms with E-state index >= 15 is 0 Å². The zero-order chi connectivity index (χ0) is 17.4. The summed E-state index contributed by atoms with van der Waals surface area (Å²) in [6.07, 6.45) is 0. The number of nitrogens with zero attached hydrogens (tertiary/aromatic N) is 4. The SMILES string of the molecule is Cc1ccc([C@@H](C(=O)N2CC(n3nc(C)cc3C)C2)N(C)C)cc1. The third kappa shape index (κ3) is 3.08. The van der Waals surface area contributed by atoms with Gasteiger partial charge in [0.2, 0.25) is 5.91 Å². The highest BCUT2D eigenvalue weighted by Crippen LogP contribution is 2.28. The average molecular weight is 326 g/mol. The van der Waals surface area contributed by atoms with E-state index in [1.165, 1.54) is 5.56 Å². The summed E-state index contributed by atoms with van der Waals surface area (Å²) in [7, 11) is 3.92. The summed E-state index contributed by atoms with van der Waals surface area (Å²) in [5.74, 6) is 0.168. The molecule has 1 aromatic carbocycles. The van der Waals surface area contributed by atoms with Gasteiger partial charge in [-0.05, 0) is 46.5 Å². The number of hydrogen-bond acceptors (Lipinski definition) is 3. The van der Waals surface area contributed by atoms with Gasteiger partial charge in [0.25, 0.3) is 0 Å². The van der Waals surface area contributed by atoms with Crippen LogP contribution < -0.4 is 0 Å². The van der Waals surface area contributed by atoms with E-state index in [2.05, 4.69) is 54.0 Å². The molecule has 0 N–H and O–H groups in total. The maximum Gasteiger partial charge on any atom is 0.244 e. The molecule has 5 heteroatoms. The van der Waals surface area contributed by atoms with E-state index in [-0.39, 0.29) is 11.9 Å².